The molecular weight excluding hydrogens is 376 g/mol. The van der Waals surface area contributed by atoms with E-state index in [1.807, 2.05) is 12.1 Å². The van der Waals surface area contributed by atoms with Crippen LogP contribution in [0.3, 0.4) is 0 Å². The zero-order valence-corrected chi connectivity index (χ0v) is 14.0. The summed E-state index contributed by atoms with van der Waals surface area (Å²) >= 11 is 6.87. The van der Waals surface area contributed by atoms with Gasteiger partial charge in [-0.15, -0.1) is 0 Å². The summed E-state index contributed by atoms with van der Waals surface area (Å²) in [5.41, 5.74) is 0.789. The van der Waals surface area contributed by atoms with E-state index in [-0.39, 0.29) is 0 Å². The van der Waals surface area contributed by atoms with Crippen LogP contribution in [0, 0.1) is 5.92 Å². The van der Waals surface area contributed by atoms with Gasteiger partial charge >= 0.3 is 5.97 Å². The van der Waals surface area contributed by atoms with Gasteiger partial charge < -0.3 is 9.84 Å². The Morgan fingerprint density at radius 1 is 1.37 bits per heavy atom. The monoisotopic (exact) mass is 390 g/mol. The van der Waals surface area contributed by atoms with Crippen molar-refractivity contribution in [2.45, 2.75) is 20.3 Å². The molecule has 0 heterocycles. The number of carbonyl (C=O) groups is 1. The average Bonchev–Trinajstić information content (AvgIpc) is 2.29. The fourth-order valence-electron chi connectivity index (χ4n) is 1.38. The SMILES string of the molecule is CC(C)CCOc1c(Br)cc(/C=C/C(=O)O)cc1Br. The zero-order valence-electron chi connectivity index (χ0n) is 10.8. The lowest BCUT2D eigenvalue weighted by atomic mass is 10.1. The van der Waals surface area contributed by atoms with Crippen molar-refractivity contribution >= 4 is 43.9 Å². The second kappa shape index (κ2) is 7.70. The van der Waals surface area contributed by atoms with Crippen LogP contribution in [-0.2, 0) is 4.79 Å². The third kappa shape index (κ3) is 5.78. The molecule has 0 amide bonds. The third-order valence-electron chi connectivity index (χ3n) is 2.38. The molecule has 0 atom stereocenters. The van der Waals surface area contributed by atoms with E-state index in [0.717, 1.165) is 32.8 Å². The van der Waals surface area contributed by atoms with Gasteiger partial charge in [-0.1, -0.05) is 13.8 Å². The van der Waals surface area contributed by atoms with Gasteiger partial charge in [-0.25, -0.2) is 4.79 Å². The van der Waals surface area contributed by atoms with Gasteiger partial charge in [-0.05, 0) is 68.0 Å². The Labute approximate surface area is 129 Å². The van der Waals surface area contributed by atoms with Gasteiger partial charge in [0, 0.05) is 6.08 Å². The zero-order chi connectivity index (χ0) is 14.4. The van der Waals surface area contributed by atoms with Crippen LogP contribution in [0.4, 0.5) is 0 Å². The summed E-state index contributed by atoms with van der Waals surface area (Å²) in [5.74, 6) is 0.368. The van der Waals surface area contributed by atoms with Crippen molar-refractivity contribution in [1.29, 1.82) is 0 Å². The van der Waals surface area contributed by atoms with E-state index in [1.165, 1.54) is 6.08 Å². The summed E-state index contributed by atoms with van der Waals surface area (Å²) in [4.78, 5) is 10.5. The van der Waals surface area contributed by atoms with Crippen molar-refractivity contribution in [3.8, 4) is 5.75 Å². The molecule has 0 spiro atoms. The molecule has 3 nitrogen and oxygen atoms in total. The summed E-state index contributed by atoms with van der Waals surface area (Å²) < 4.78 is 7.33. The first-order valence-electron chi connectivity index (χ1n) is 5.93. The van der Waals surface area contributed by atoms with Crippen LogP contribution in [0.2, 0.25) is 0 Å². The molecule has 0 bridgehead atoms. The first-order chi connectivity index (χ1) is 8.90. The molecule has 1 aromatic rings. The number of rotatable bonds is 6. The van der Waals surface area contributed by atoms with Crippen LogP contribution in [-0.4, -0.2) is 17.7 Å². The number of carboxylic acids is 1. The van der Waals surface area contributed by atoms with E-state index in [2.05, 4.69) is 45.7 Å². The van der Waals surface area contributed by atoms with E-state index in [4.69, 9.17) is 9.84 Å². The van der Waals surface area contributed by atoms with Crippen LogP contribution in [0.15, 0.2) is 27.2 Å². The summed E-state index contributed by atoms with van der Waals surface area (Å²) in [7, 11) is 0. The number of benzene rings is 1. The second-order valence-electron chi connectivity index (χ2n) is 4.52. The lowest BCUT2D eigenvalue weighted by molar-refractivity contribution is -0.131. The van der Waals surface area contributed by atoms with Crippen molar-refractivity contribution in [2.75, 3.05) is 6.61 Å². The second-order valence-corrected chi connectivity index (χ2v) is 6.22. The standard InChI is InChI=1S/C14H16Br2O3/c1-9(2)5-6-19-14-11(15)7-10(8-12(14)16)3-4-13(17)18/h3-4,7-9H,5-6H2,1-2H3,(H,17,18)/b4-3+. The summed E-state index contributed by atoms with van der Waals surface area (Å²) in [6.07, 6.45) is 3.63. The Hall–Kier alpha value is -0.810. The Bertz CT molecular complexity index is 459. The maximum atomic E-state index is 10.5. The van der Waals surface area contributed by atoms with E-state index in [0.29, 0.717) is 12.5 Å². The molecule has 0 radical (unpaired) electrons. The smallest absolute Gasteiger partial charge is 0.328 e. The van der Waals surface area contributed by atoms with Gasteiger partial charge in [0.05, 0.1) is 15.6 Å². The molecule has 0 aliphatic rings. The Morgan fingerprint density at radius 3 is 2.42 bits per heavy atom. The Kier molecular flexibility index (Phi) is 6.58. The van der Waals surface area contributed by atoms with Gasteiger partial charge in [0.1, 0.15) is 5.75 Å². The van der Waals surface area contributed by atoms with Gasteiger partial charge in [0.25, 0.3) is 0 Å². The minimum absolute atomic E-state index is 0.593. The fraction of sp³-hybridized carbons (Fsp3) is 0.357. The predicted octanol–water partition coefficient (Wildman–Crippen LogP) is 4.73. The summed E-state index contributed by atoms with van der Waals surface area (Å²) in [5, 5.41) is 8.60. The van der Waals surface area contributed by atoms with Crippen LogP contribution < -0.4 is 4.74 Å². The summed E-state index contributed by atoms with van der Waals surface area (Å²) in [6, 6.07) is 3.66. The van der Waals surface area contributed by atoms with Crippen LogP contribution in [0.25, 0.3) is 6.08 Å². The highest BCUT2D eigenvalue weighted by molar-refractivity contribution is 9.11. The molecular formula is C14H16Br2O3. The molecule has 0 unspecified atom stereocenters. The molecule has 0 saturated heterocycles. The summed E-state index contributed by atoms with van der Waals surface area (Å²) in [6.45, 7) is 4.94. The molecule has 1 rings (SSSR count). The molecule has 19 heavy (non-hydrogen) atoms. The average molecular weight is 392 g/mol. The fourth-order valence-corrected chi connectivity index (χ4v) is 2.83. The maximum absolute atomic E-state index is 10.5. The molecule has 0 fully saturated rings. The van der Waals surface area contributed by atoms with Crippen LogP contribution in [0.1, 0.15) is 25.8 Å². The molecule has 1 aromatic carbocycles. The van der Waals surface area contributed by atoms with Crippen molar-refractivity contribution in [3.05, 3.63) is 32.7 Å². The van der Waals surface area contributed by atoms with Crippen LogP contribution >= 0.6 is 31.9 Å². The van der Waals surface area contributed by atoms with Crippen molar-refractivity contribution in [1.82, 2.24) is 0 Å². The number of carboxylic acid groups (broad SMARTS) is 1. The van der Waals surface area contributed by atoms with Gasteiger partial charge in [-0.3, -0.25) is 0 Å². The number of hydrogen-bond donors (Lipinski definition) is 1. The highest BCUT2D eigenvalue weighted by Crippen LogP contribution is 2.35. The third-order valence-corrected chi connectivity index (χ3v) is 3.56. The number of hydrogen-bond acceptors (Lipinski definition) is 2. The molecule has 104 valence electrons. The van der Waals surface area contributed by atoms with Crippen molar-refractivity contribution in [2.24, 2.45) is 5.92 Å². The minimum Gasteiger partial charge on any atom is -0.491 e. The van der Waals surface area contributed by atoms with Crippen molar-refractivity contribution < 1.29 is 14.6 Å². The normalized spacial score (nSPS) is 11.2. The lowest BCUT2D eigenvalue weighted by Gasteiger charge is -2.12. The van der Waals surface area contributed by atoms with E-state index >= 15 is 0 Å². The Balaban J connectivity index is 2.82. The lowest BCUT2D eigenvalue weighted by Crippen LogP contribution is -2.02. The number of halogens is 2. The quantitative estimate of drug-likeness (QED) is 0.712. The van der Waals surface area contributed by atoms with Gasteiger partial charge in [0.15, 0.2) is 0 Å². The topological polar surface area (TPSA) is 46.5 Å². The van der Waals surface area contributed by atoms with Gasteiger partial charge in [0.2, 0.25) is 0 Å². The molecule has 0 aromatic heterocycles. The van der Waals surface area contributed by atoms with E-state index < -0.39 is 5.97 Å². The first-order valence-corrected chi connectivity index (χ1v) is 7.51. The maximum Gasteiger partial charge on any atom is 0.328 e. The molecule has 0 aliphatic heterocycles. The van der Waals surface area contributed by atoms with E-state index in [1.54, 1.807) is 0 Å². The highest BCUT2D eigenvalue weighted by Gasteiger charge is 2.08. The van der Waals surface area contributed by atoms with E-state index in [9.17, 15) is 4.79 Å². The molecule has 1 N–H and O–H groups in total. The molecule has 0 aliphatic carbocycles. The largest absolute Gasteiger partial charge is 0.491 e. The van der Waals surface area contributed by atoms with Crippen LogP contribution in [0.5, 0.6) is 5.75 Å². The minimum atomic E-state index is -0.968. The number of ether oxygens (including phenoxy) is 1. The molecule has 5 heteroatoms. The predicted molar refractivity (Wildman–Crippen MR) is 83.5 cm³/mol. The highest BCUT2D eigenvalue weighted by atomic mass is 79.9. The van der Waals surface area contributed by atoms with Crippen molar-refractivity contribution in [3.63, 3.8) is 0 Å². The molecule has 0 saturated carbocycles. The first kappa shape index (κ1) is 16.2. The number of aliphatic carboxylic acids is 1. The Morgan fingerprint density at radius 2 is 1.95 bits per heavy atom. The van der Waals surface area contributed by atoms with Gasteiger partial charge in [-0.2, -0.15) is 0 Å².